The van der Waals surface area contributed by atoms with E-state index in [9.17, 15) is 33.9 Å². The lowest BCUT2D eigenvalue weighted by molar-refractivity contribution is -0.139. The van der Waals surface area contributed by atoms with Gasteiger partial charge in [-0.1, -0.05) is 64.4 Å². The fourth-order valence-electron chi connectivity index (χ4n) is 4.58. The molecule has 0 aliphatic heterocycles. The summed E-state index contributed by atoms with van der Waals surface area (Å²) in [6, 6.07) is 3.96. The van der Waals surface area contributed by atoms with Gasteiger partial charge in [0.15, 0.2) is 0 Å². The third-order valence-corrected chi connectivity index (χ3v) is 7.64. The van der Waals surface area contributed by atoms with Crippen LogP contribution in [0.1, 0.15) is 78.2 Å². The number of primary amides is 1. The molecule has 0 radical (unpaired) electrons. The second-order valence-corrected chi connectivity index (χ2v) is 11.8. The number of amides is 6. The smallest absolute Gasteiger partial charge is 0.407 e. The minimum atomic E-state index is -1.23. The maximum atomic E-state index is 13.5. The van der Waals surface area contributed by atoms with E-state index < -0.39 is 60.0 Å². The Kier molecular flexibility index (Phi) is 19.2. The van der Waals surface area contributed by atoms with Crippen LogP contribution in [0.5, 0.6) is 0 Å². The van der Waals surface area contributed by atoms with Crippen molar-refractivity contribution in [3.8, 4) is 0 Å². The van der Waals surface area contributed by atoms with Crippen LogP contribution >= 0.6 is 0 Å². The van der Waals surface area contributed by atoms with Crippen molar-refractivity contribution in [3.05, 3.63) is 35.9 Å². The molecule has 15 heteroatoms. The first-order valence-electron chi connectivity index (χ1n) is 16.1. The van der Waals surface area contributed by atoms with Gasteiger partial charge in [-0.3, -0.25) is 14.4 Å². The molecule has 0 spiro atoms. The summed E-state index contributed by atoms with van der Waals surface area (Å²) in [7, 11) is 0. The first-order valence-corrected chi connectivity index (χ1v) is 16.1. The molecule has 47 heavy (non-hydrogen) atoms. The van der Waals surface area contributed by atoms with Gasteiger partial charge in [0, 0.05) is 6.54 Å². The van der Waals surface area contributed by atoms with Crippen LogP contribution in [0.25, 0.3) is 0 Å². The van der Waals surface area contributed by atoms with Gasteiger partial charge in [-0.15, -0.1) is 0 Å². The second kappa shape index (κ2) is 22.2. The van der Waals surface area contributed by atoms with Gasteiger partial charge in [-0.05, 0) is 62.5 Å². The van der Waals surface area contributed by atoms with E-state index in [0.29, 0.717) is 38.6 Å². The van der Waals surface area contributed by atoms with Gasteiger partial charge in [0.2, 0.25) is 17.7 Å². The molecule has 6 amide bonds. The third-order valence-electron chi connectivity index (χ3n) is 7.64. The molecule has 1 aromatic carbocycles. The van der Waals surface area contributed by atoms with Crippen molar-refractivity contribution in [1.82, 2.24) is 26.6 Å². The summed E-state index contributed by atoms with van der Waals surface area (Å²) >= 11 is 0. The fraction of sp³-hybridized carbons (Fsp3) is 0.625. The number of nitrogens with one attached hydrogen (secondary N) is 5. The molecule has 1 rings (SSSR count). The highest BCUT2D eigenvalue weighted by Gasteiger charge is 2.33. The summed E-state index contributed by atoms with van der Waals surface area (Å²) in [4.78, 5) is 75.4. The summed E-state index contributed by atoms with van der Waals surface area (Å²) in [5.74, 6) is -3.86. The van der Waals surface area contributed by atoms with Gasteiger partial charge in [-0.2, -0.15) is 0 Å². The van der Waals surface area contributed by atoms with E-state index >= 15 is 0 Å². The Hall–Kier alpha value is -4.40. The Bertz CT molecular complexity index is 1150. The Morgan fingerprint density at radius 1 is 0.809 bits per heavy atom. The molecule has 0 saturated heterocycles. The van der Waals surface area contributed by atoms with E-state index in [4.69, 9.17) is 16.2 Å². The van der Waals surface area contributed by atoms with Gasteiger partial charge >= 0.3 is 18.1 Å². The molecule has 15 nitrogen and oxygen atoms in total. The van der Waals surface area contributed by atoms with Crippen molar-refractivity contribution >= 4 is 35.8 Å². The Labute approximate surface area is 276 Å². The molecule has 5 atom stereocenters. The Morgan fingerprint density at radius 3 is 1.98 bits per heavy atom. The number of aliphatic carboxylic acids is 1. The average Bonchev–Trinajstić information content (AvgIpc) is 3.03. The molecule has 1 aromatic rings. The highest BCUT2D eigenvalue weighted by Crippen LogP contribution is 2.12. The first kappa shape index (κ1) is 40.6. The fourth-order valence-corrected chi connectivity index (χ4v) is 4.58. The molecular weight excluding hydrogens is 610 g/mol. The normalized spacial score (nSPS) is 14.1. The van der Waals surface area contributed by atoms with Crippen molar-refractivity contribution in [2.45, 2.75) is 103 Å². The van der Waals surface area contributed by atoms with E-state index in [1.54, 1.807) is 20.8 Å². The number of hydrogen-bond donors (Lipinski definition) is 8. The Morgan fingerprint density at radius 2 is 1.40 bits per heavy atom. The maximum Gasteiger partial charge on any atom is 0.407 e. The number of nitrogens with two attached hydrogens (primary N) is 2. The van der Waals surface area contributed by atoms with Gasteiger partial charge in [-0.25, -0.2) is 14.4 Å². The van der Waals surface area contributed by atoms with Crippen LogP contribution in [-0.4, -0.2) is 78.2 Å². The van der Waals surface area contributed by atoms with Crippen LogP contribution in [0, 0.1) is 11.8 Å². The van der Waals surface area contributed by atoms with Crippen LogP contribution in [0.15, 0.2) is 30.3 Å². The van der Waals surface area contributed by atoms with Crippen LogP contribution in [0.4, 0.5) is 9.59 Å². The molecule has 0 aliphatic carbocycles. The summed E-state index contributed by atoms with van der Waals surface area (Å²) in [6.45, 7) is 7.77. The molecule has 10 N–H and O–H groups in total. The van der Waals surface area contributed by atoms with Crippen LogP contribution in [0.2, 0.25) is 0 Å². The summed E-state index contributed by atoms with van der Waals surface area (Å²) in [6.07, 6.45) is 2.02. The van der Waals surface area contributed by atoms with Crippen molar-refractivity contribution in [1.29, 1.82) is 0 Å². The molecule has 0 unspecified atom stereocenters. The molecule has 0 aliphatic rings. The molecule has 0 fully saturated rings. The van der Waals surface area contributed by atoms with Crippen molar-refractivity contribution in [2.24, 2.45) is 23.3 Å². The quantitative estimate of drug-likeness (QED) is 0.0837. The SMILES string of the molecule is CC[C@@H](C)[C@H](NC(=O)[C@@H](CCCCNC(=O)OCc1ccccc1)NC(=O)N[C@@H](CCCCN)C(=O)O)C(=O)N[C@H](C(N)=O)C(C)C. The number of urea groups is 1. The number of carbonyl (C=O) groups is 6. The monoisotopic (exact) mass is 663 g/mol. The predicted octanol–water partition coefficient (Wildman–Crippen LogP) is 1.49. The number of alkyl carbamates (subject to hydrolysis) is 1. The molecule has 264 valence electrons. The molecule has 0 saturated carbocycles. The molecular formula is C32H53N7O8. The predicted molar refractivity (Wildman–Crippen MR) is 176 cm³/mol. The number of carboxylic acids is 1. The molecule has 0 bridgehead atoms. The van der Waals surface area contributed by atoms with Crippen molar-refractivity contribution in [3.63, 3.8) is 0 Å². The minimum absolute atomic E-state index is 0.107. The zero-order valence-corrected chi connectivity index (χ0v) is 27.9. The second-order valence-electron chi connectivity index (χ2n) is 11.8. The van der Waals surface area contributed by atoms with Crippen molar-refractivity contribution < 1.29 is 38.6 Å². The van der Waals surface area contributed by atoms with Gasteiger partial charge < -0.3 is 47.9 Å². The number of carbonyl (C=O) groups excluding carboxylic acids is 5. The van der Waals surface area contributed by atoms with Gasteiger partial charge in [0.25, 0.3) is 0 Å². The summed E-state index contributed by atoms with van der Waals surface area (Å²) in [5.41, 5.74) is 11.8. The number of ether oxygens (including phenoxy) is 1. The summed E-state index contributed by atoms with van der Waals surface area (Å²) < 4.78 is 5.19. The number of unbranched alkanes of at least 4 members (excludes halogenated alkanes) is 2. The third kappa shape index (κ3) is 16.1. The maximum absolute atomic E-state index is 13.5. The van der Waals surface area contributed by atoms with E-state index in [-0.39, 0.29) is 37.8 Å². The number of carboxylic acid groups (broad SMARTS) is 1. The molecule has 0 aromatic heterocycles. The summed E-state index contributed by atoms with van der Waals surface area (Å²) in [5, 5.41) is 22.4. The average molecular weight is 664 g/mol. The lowest BCUT2D eigenvalue weighted by Crippen LogP contribution is -2.60. The van der Waals surface area contributed by atoms with E-state index in [2.05, 4.69) is 26.6 Å². The number of benzene rings is 1. The van der Waals surface area contributed by atoms with Gasteiger partial charge in [0.1, 0.15) is 30.8 Å². The zero-order chi connectivity index (χ0) is 35.4. The topological polar surface area (TPSA) is 244 Å². The lowest BCUT2D eigenvalue weighted by atomic mass is 9.96. The van der Waals surface area contributed by atoms with Crippen LogP contribution in [-0.2, 0) is 30.5 Å². The van der Waals surface area contributed by atoms with E-state index in [1.165, 1.54) is 0 Å². The highest BCUT2D eigenvalue weighted by molar-refractivity contribution is 5.94. The number of hydrogen-bond acceptors (Lipinski definition) is 8. The van der Waals surface area contributed by atoms with Crippen molar-refractivity contribution in [2.75, 3.05) is 13.1 Å². The lowest BCUT2D eigenvalue weighted by Gasteiger charge is -2.29. The molecule has 0 heterocycles. The number of rotatable bonds is 22. The standard InChI is InChI=1S/C32H53N7O8/c1-5-21(4)26(29(42)38-25(20(2)3)27(34)40)39-28(41)23(36-31(45)37-24(30(43)44)16-9-11-17-33)15-10-12-18-35-32(46)47-19-22-13-7-6-8-14-22/h6-8,13-14,20-21,23-26H,5,9-12,15-19,33H2,1-4H3,(H2,34,40)(H,35,46)(H,38,42)(H,39,41)(H,43,44)(H2,36,37,45)/t21-,23-,24+,25+,26+/m1/s1. The zero-order valence-electron chi connectivity index (χ0n) is 27.9. The van der Waals surface area contributed by atoms with Crippen LogP contribution in [0.3, 0.4) is 0 Å². The first-order chi connectivity index (χ1) is 22.3. The van der Waals surface area contributed by atoms with E-state index in [0.717, 1.165) is 5.56 Å². The van der Waals surface area contributed by atoms with E-state index in [1.807, 2.05) is 37.3 Å². The van der Waals surface area contributed by atoms with Gasteiger partial charge in [0.05, 0.1) is 0 Å². The Balaban J connectivity index is 2.95. The van der Waals surface area contributed by atoms with Crippen LogP contribution < -0.4 is 38.1 Å². The highest BCUT2D eigenvalue weighted by atomic mass is 16.5. The minimum Gasteiger partial charge on any atom is -0.480 e. The largest absolute Gasteiger partial charge is 0.480 e.